The third-order valence-corrected chi connectivity index (χ3v) is 4.03. The predicted molar refractivity (Wildman–Crippen MR) is 69.2 cm³/mol. The van der Waals surface area contributed by atoms with E-state index in [4.69, 9.17) is 0 Å². The molecule has 0 fully saturated rings. The Morgan fingerprint density at radius 1 is 1.39 bits per heavy atom. The molecule has 1 aromatic carbocycles. The molecule has 0 saturated carbocycles. The molecule has 0 bridgehead atoms. The summed E-state index contributed by atoms with van der Waals surface area (Å²) in [4.78, 5) is 0.249. The summed E-state index contributed by atoms with van der Waals surface area (Å²) in [5, 5.41) is 4.29. The van der Waals surface area contributed by atoms with E-state index >= 15 is 0 Å². The van der Waals surface area contributed by atoms with Gasteiger partial charge in [0.1, 0.15) is 5.82 Å². The summed E-state index contributed by atoms with van der Waals surface area (Å²) in [7, 11) is -1.38. The zero-order chi connectivity index (χ0) is 13.1. The Morgan fingerprint density at radius 2 is 2.11 bits per heavy atom. The van der Waals surface area contributed by atoms with E-state index in [1.807, 2.05) is 19.9 Å². The highest BCUT2D eigenvalue weighted by molar-refractivity contribution is 7.84. The van der Waals surface area contributed by atoms with E-state index in [0.717, 1.165) is 17.9 Å². The van der Waals surface area contributed by atoms with Gasteiger partial charge in [0.25, 0.3) is 0 Å². The number of hydrogen-bond acceptors (Lipinski definition) is 2. The molecule has 18 heavy (non-hydrogen) atoms. The molecule has 0 spiro atoms. The molecule has 96 valence electrons. The highest BCUT2D eigenvalue weighted by Gasteiger charge is 2.13. The second-order valence-electron chi connectivity index (χ2n) is 4.01. The van der Waals surface area contributed by atoms with Crippen LogP contribution in [0.2, 0.25) is 0 Å². The summed E-state index contributed by atoms with van der Waals surface area (Å²) in [6, 6.07) is 8.07. The lowest BCUT2D eigenvalue weighted by Crippen LogP contribution is -2.06. The molecule has 1 unspecified atom stereocenters. The highest BCUT2D eigenvalue weighted by atomic mass is 32.2. The van der Waals surface area contributed by atoms with Gasteiger partial charge >= 0.3 is 0 Å². The third-order valence-electron chi connectivity index (χ3n) is 2.65. The molecule has 2 aromatic rings. The minimum atomic E-state index is -1.38. The van der Waals surface area contributed by atoms with Crippen LogP contribution in [0.15, 0.2) is 35.2 Å². The molecule has 0 amide bonds. The lowest BCUT2D eigenvalue weighted by atomic mass is 10.3. The van der Waals surface area contributed by atoms with Gasteiger partial charge in [-0.2, -0.15) is 5.10 Å². The molecule has 2 rings (SSSR count). The average molecular weight is 266 g/mol. The molecular formula is C13H15FN2OS. The Bertz CT molecular complexity index is 580. The number of aromatic nitrogens is 2. The first-order valence-corrected chi connectivity index (χ1v) is 7.10. The second kappa shape index (κ2) is 5.44. The van der Waals surface area contributed by atoms with Crippen LogP contribution < -0.4 is 0 Å². The van der Waals surface area contributed by atoms with Crippen LogP contribution in [0.4, 0.5) is 4.39 Å². The van der Waals surface area contributed by atoms with E-state index in [-0.39, 0.29) is 10.6 Å². The van der Waals surface area contributed by atoms with E-state index in [2.05, 4.69) is 5.10 Å². The van der Waals surface area contributed by atoms with E-state index in [0.29, 0.717) is 0 Å². The van der Waals surface area contributed by atoms with E-state index in [1.54, 1.807) is 22.9 Å². The molecule has 0 N–H and O–H groups in total. The summed E-state index contributed by atoms with van der Waals surface area (Å²) in [6.07, 6.45) is 0. The van der Waals surface area contributed by atoms with Crippen molar-refractivity contribution < 1.29 is 8.60 Å². The molecule has 0 aliphatic heterocycles. The van der Waals surface area contributed by atoms with Crippen molar-refractivity contribution in [2.24, 2.45) is 0 Å². The first-order valence-electron chi connectivity index (χ1n) is 5.78. The van der Waals surface area contributed by atoms with Gasteiger partial charge in [-0.05, 0) is 32.0 Å². The van der Waals surface area contributed by atoms with E-state index < -0.39 is 16.6 Å². The van der Waals surface area contributed by atoms with Crippen LogP contribution in [0.5, 0.6) is 0 Å². The van der Waals surface area contributed by atoms with Gasteiger partial charge in [-0.25, -0.2) is 4.39 Å². The van der Waals surface area contributed by atoms with Crippen molar-refractivity contribution in [3.05, 3.63) is 47.5 Å². The van der Waals surface area contributed by atoms with Crippen LogP contribution in [0.3, 0.4) is 0 Å². The lowest BCUT2D eigenvalue weighted by molar-refractivity contribution is 0.593. The Morgan fingerprint density at radius 3 is 2.78 bits per heavy atom. The van der Waals surface area contributed by atoms with Gasteiger partial charge in [0, 0.05) is 6.54 Å². The fourth-order valence-electron chi connectivity index (χ4n) is 1.83. The molecule has 1 atom stereocenters. The third kappa shape index (κ3) is 2.67. The monoisotopic (exact) mass is 266 g/mol. The minimum absolute atomic E-state index is 0.249. The number of halogens is 1. The van der Waals surface area contributed by atoms with Crippen LogP contribution in [-0.2, 0) is 23.1 Å². The molecule has 0 saturated heterocycles. The molecule has 1 heterocycles. The minimum Gasteiger partial charge on any atom is -0.269 e. The van der Waals surface area contributed by atoms with Crippen molar-refractivity contribution in [3.8, 4) is 0 Å². The van der Waals surface area contributed by atoms with Gasteiger partial charge in [0.2, 0.25) is 0 Å². The van der Waals surface area contributed by atoms with Gasteiger partial charge in [-0.1, -0.05) is 12.1 Å². The summed E-state index contributed by atoms with van der Waals surface area (Å²) < 4.78 is 27.5. The Labute approximate surface area is 108 Å². The molecule has 0 radical (unpaired) electrons. The summed E-state index contributed by atoms with van der Waals surface area (Å²) in [5.41, 5.74) is 1.76. The Kier molecular flexibility index (Phi) is 3.91. The number of rotatable bonds is 4. The van der Waals surface area contributed by atoms with Gasteiger partial charge in [0.05, 0.1) is 32.8 Å². The summed E-state index contributed by atoms with van der Waals surface area (Å²) in [5.74, 6) is -0.134. The normalized spacial score (nSPS) is 12.6. The zero-order valence-electron chi connectivity index (χ0n) is 10.4. The van der Waals surface area contributed by atoms with Crippen LogP contribution in [0.1, 0.15) is 18.3 Å². The number of nitrogens with zero attached hydrogens (tertiary/aromatic N) is 2. The highest BCUT2D eigenvalue weighted by Crippen LogP contribution is 2.16. The predicted octanol–water partition coefficient (Wildman–Crippen LogP) is 2.66. The van der Waals surface area contributed by atoms with Gasteiger partial charge in [-0.3, -0.25) is 8.89 Å². The maximum absolute atomic E-state index is 13.5. The molecule has 0 aliphatic carbocycles. The molecule has 0 aliphatic rings. The fourth-order valence-corrected chi connectivity index (χ4v) is 3.00. The van der Waals surface area contributed by atoms with Crippen LogP contribution in [0, 0.1) is 12.7 Å². The van der Waals surface area contributed by atoms with Crippen LogP contribution in [-0.4, -0.2) is 14.0 Å². The maximum Gasteiger partial charge on any atom is 0.139 e. The molecule has 5 heteroatoms. The second-order valence-corrected chi connectivity index (χ2v) is 5.43. The lowest BCUT2D eigenvalue weighted by Gasteiger charge is -2.05. The Hall–Kier alpha value is -1.49. The van der Waals surface area contributed by atoms with Crippen molar-refractivity contribution in [2.45, 2.75) is 31.0 Å². The van der Waals surface area contributed by atoms with Crippen molar-refractivity contribution in [3.63, 3.8) is 0 Å². The van der Waals surface area contributed by atoms with E-state index in [9.17, 15) is 8.60 Å². The van der Waals surface area contributed by atoms with Crippen molar-refractivity contribution in [2.75, 3.05) is 0 Å². The molecule has 1 aromatic heterocycles. The maximum atomic E-state index is 13.5. The number of benzene rings is 1. The summed E-state index contributed by atoms with van der Waals surface area (Å²) >= 11 is 0. The van der Waals surface area contributed by atoms with Crippen molar-refractivity contribution in [1.29, 1.82) is 0 Å². The van der Waals surface area contributed by atoms with Crippen molar-refractivity contribution in [1.82, 2.24) is 9.78 Å². The first-order chi connectivity index (χ1) is 8.61. The fraction of sp³-hybridized carbons (Fsp3) is 0.308. The number of aryl methyl sites for hydroxylation is 2. The topological polar surface area (TPSA) is 34.9 Å². The van der Waals surface area contributed by atoms with Crippen LogP contribution >= 0.6 is 0 Å². The van der Waals surface area contributed by atoms with Gasteiger partial charge < -0.3 is 0 Å². The average Bonchev–Trinajstić information content (AvgIpc) is 2.70. The SMILES string of the molecule is CCn1nc(C)cc1CS(=O)c1ccccc1F. The summed E-state index contributed by atoms with van der Waals surface area (Å²) in [6.45, 7) is 4.58. The standard InChI is InChI=1S/C13H15FN2OS/c1-3-16-11(8-10(2)15-16)9-18(17)13-7-5-4-6-12(13)14/h4-8H,3,9H2,1-2H3. The van der Waals surface area contributed by atoms with Crippen molar-refractivity contribution >= 4 is 10.8 Å². The Balaban J connectivity index is 2.24. The van der Waals surface area contributed by atoms with Gasteiger partial charge in [0.15, 0.2) is 0 Å². The smallest absolute Gasteiger partial charge is 0.139 e. The first kappa shape index (κ1) is 13.0. The van der Waals surface area contributed by atoms with Crippen LogP contribution in [0.25, 0.3) is 0 Å². The number of hydrogen-bond donors (Lipinski definition) is 0. The van der Waals surface area contributed by atoms with E-state index in [1.165, 1.54) is 6.07 Å². The largest absolute Gasteiger partial charge is 0.269 e. The van der Waals surface area contributed by atoms with Gasteiger partial charge in [-0.15, -0.1) is 0 Å². The quantitative estimate of drug-likeness (QED) is 0.852. The zero-order valence-corrected chi connectivity index (χ0v) is 11.2. The molecular weight excluding hydrogens is 251 g/mol. The molecule has 3 nitrogen and oxygen atoms in total.